The Labute approximate surface area is 121 Å². The van der Waals surface area contributed by atoms with Gasteiger partial charge in [0, 0.05) is 12.3 Å². The average Bonchev–Trinajstić information content (AvgIpc) is 2.47. The molecule has 2 N–H and O–H groups in total. The van der Waals surface area contributed by atoms with E-state index < -0.39 is 24.0 Å². The summed E-state index contributed by atoms with van der Waals surface area (Å²) >= 11 is 0. The summed E-state index contributed by atoms with van der Waals surface area (Å²) in [6.07, 6.45) is 2.76. The van der Waals surface area contributed by atoms with Gasteiger partial charge in [0.25, 0.3) is 0 Å². The lowest BCUT2D eigenvalue weighted by molar-refractivity contribution is 0.0676. The van der Waals surface area contributed by atoms with Crippen LogP contribution < -0.4 is 10.2 Å². The van der Waals surface area contributed by atoms with Gasteiger partial charge in [-0.2, -0.15) is 4.91 Å². The minimum absolute atomic E-state index is 0.147. The molecule has 0 saturated carbocycles. The van der Waals surface area contributed by atoms with E-state index in [-0.39, 0.29) is 24.6 Å². The molecule has 1 aromatic rings. The first-order valence-corrected chi connectivity index (χ1v) is 6.58. The minimum atomic E-state index is -1.35. The Morgan fingerprint density at radius 3 is 2.76 bits per heavy atom. The monoisotopic (exact) mass is 298 g/mol. The number of aliphatic hydroxyl groups is 1. The van der Waals surface area contributed by atoms with Crippen LogP contribution in [-0.4, -0.2) is 40.0 Å². The van der Waals surface area contributed by atoms with E-state index in [0.29, 0.717) is 6.42 Å². The highest BCUT2D eigenvalue weighted by atomic mass is 16.5. The number of carbonyl (C=O) groups is 1. The van der Waals surface area contributed by atoms with E-state index in [2.05, 4.69) is 5.18 Å². The maximum Gasteiger partial charge on any atom is 0.356 e. The number of ether oxygens (including phenoxy) is 1. The lowest BCUT2D eigenvalue weighted by Crippen LogP contribution is -2.25. The number of rotatable bonds is 9. The zero-order chi connectivity index (χ0) is 15.8. The van der Waals surface area contributed by atoms with Crippen LogP contribution >= 0.6 is 0 Å². The van der Waals surface area contributed by atoms with Gasteiger partial charge in [-0.15, -0.1) is 0 Å². The van der Waals surface area contributed by atoms with Gasteiger partial charge in [0.2, 0.25) is 5.43 Å². The molecule has 0 aliphatic rings. The van der Waals surface area contributed by atoms with Crippen molar-refractivity contribution in [3.05, 3.63) is 33.1 Å². The highest BCUT2D eigenvalue weighted by Crippen LogP contribution is 2.15. The highest BCUT2D eigenvalue weighted by molar-refractivity contribution is 5.88. The third-order valence-electron chi connectivity index (χ3n) is 2.85. The first-order chi connectivity index (χ1) is 10.0. The van der Waals surface area contributed by atoms with Crippen molar-refractivity contribution in [3.63, 3.8) is 0 Å². The number of pyridine rings is 1. The Hall–Kier alpha value is -2.22. The fourth-order valence-electron chi connectivity index (χ4n) is 1.74. The lowest BCUT2D eigenvalue weighted by Gasteiger charge is -2.16. The second kappa shape index (κ2) is 8.15. The number of unbranched alkanes of at least 4 members (excludes halogenated alkanes) is 1. The molecule has 21 heavy (non-hydrogen) atoms. The van der Waals surface area contributed by atoms with Gasteiger partial charge < -0.3 is 19.5 Å². The van der Waals surface area contributed by atoms with Crippen LogP contribution in [0.2, 0.25) is 0 Å². The SMILES string of the molecule is CCCCOc1c(C(=O)O)n(CC(CO)N=O)ccc1=O. The van der Waals surface area contributed by atoms with Gasteiger partial charge >= 0.3 is 5.97 Å². The number of hydrogen-bond donors (Lipinski definition) is 2. The van der Waals surface area contributed by atoms with Crippen molar-refractivity contribution in [2.75, 3.05) is 13.2 Å². The number of hydrogen-bond acceptors (Lipinski definition) is 6. The average molecular weight is 298 g/mol. The second-order valence-electron chi connectivity index (χ2n) is 4.46. The zero-order valence-corrected chi connectivity index (χ0v) is 11.7. The normalized spacial score (nSPS) is 11.9. The molecule has 0 aliphatic carbocycles. The maximum atomic E-state index is 11.8. The predicted molar refractivity (Wildman–Crippen MR) is 74.7 cm³/mol. The summed E-state index contributed by atoms with van der Waals surface area (Å²) in [5.41, 5.74) is -0.889. The van der Waals surface area contributed by atoms with Crippen LogP contribution in [0.25, 0.3) is 0 Å². The molecule has 0 saturated heterocycles. The standard InChI is InChI=1S/C13H18N2O6/c1-2-3-6-21-12-10(17)4-5-15(11(12)13(18)19)7-9(8-16)14-20/h4-5,9,16H,2-3,6-8H2,1H3,(H,18,19). The molecule has 1 atom stereocenters. The number of aliphatic hydroxyl groups excluding tert-OH is 1. The van der Waals surface area contributed by atoms with E-state index in [0.717, 1.165) is 12.5 Å². The molecule has 1 rings (SSSR count). The molecule has 8 heteroatoms. The third-order valence-corrected chi connectivity index (χ3v) is 2.85. The molecule has 0 amide bonds. The van der Waals surface area contributed by atoms with E-state index in [1.54, 1.807) is 0 Å². The van der Waals surface area contributed by atoms with Crippen LogP contribution in [0, 0.1) is 4.91 Å². The summed E-state index contributed by atoms with van der Waals surface area (Å²) in [7, 11) is 0. The van der Waals surface area contributed by atoms with Gasteiger partial charge in [0.15, 0.2) is 11.4 Å². The molecule has 0 bridgehead atoms. The van der Waals surface area contributed by atoms with Crippen LogP contribution in [-0.2, 0) is 6.54 Å². The molecule has 0 radical (unpaired) electrons. The fraction of sp³-hybridized carbons (Fsp3) is 0.538. The lowest BCUT2D eigenvalue weighted by atomic mass is 10.2. The van der Waals surface area contributed by atoms with Gasteiger partial charge in [0.05, 0.1) is 19.8 Å². The van der Waals surface area contributed by atoms with E-state index in [9.17, 15) is 19.6 Å². The van der Waals surface area contributed by atoms with Crippen LogP contribution in [0.1, 0.15) is 30.3 Å². The highest BCUT2D eigenvalue weighted by Gasteiger charge is 2.21. The number of nitroso groups, excluding NO2 is 1. The van der Waals surface area contributed by atoms with Gasteiger partial charge in [-0.3, -0.25) is 4.79 Å². The topological polar surface area (TPSA) is 118 Å². The molecule has 8 nitrogen and oxygen atoms in total. The number of nitrogens with zero attached hydrogens (tertiary/aromatic N) is 2. The van der Waals surface area contributed by atoms with Crippen molar-refractivity contribution in [2.24, 2.45) is 5.18 Å². The van der Waals surface area contributed by atoms with E-state index in [1.807, 2.05) is 6.92 Å². The number of aromatic carboxylic acids is 1. The van der Waals surface area contributed by atoms with Crippen molar-refractivity contribution in [3.8, 4) is 5.75 Å². The summed E-state index contributed by atoms with van der Waals surface area (Å²) in [5, 5.41) is 20.9. The quantitative estimate of drug-likeness (QED) is 0.515. The molecule has 1 unspecified atom stereocenters. The molecule has 0 aliphatic heterocycles. The van der Waals surface area contributed by atoms with Crippen molar-refractivity contribution in [1.82, 2.24) is 4.57 Å². The molecular formula is C13H18N2O6. The van der Waals surface area contributed by atoms with Crippen molar-refractivity contribution in [2.45, 2.75) is 32.4 Å². The molecule has 116 valence electrons. The zero-order valence-electron chi connectivity index (χ0n) is 11.7. The predicted octanol–water partition coefficient (Wildman–Crippen LogP) is 0.853. The van der Waals surface area contributed by atoms with Gasteiger partial charge in [0.1, 0.15) is 6.04 Å². The van der Waals surface area contributed by atoms with Gasteiger partial charge in [-0.05, 0) is 6.42 Å². The summed E-state index contributed by atoms with van der Waals surface area (Å²) in [6, 6.07) is 0.168. The van der Waals surface area contributed by atoms with E-state index >= 15 is 0 Å². The number of aromatic nitrogens is 1. The number of carboxylic acid groups (broad SMARTS) is 1. The van der Waals surface area contributed by atoms with E-state index in [1.165, 1.54) is 10.8 Å². The van der Waals surface area contributed by atoms with Crippen LogP contribution in [0.4, 0.5) is 0 Å². The second-order valence-corrected chi connectivity index (χ2v) is 4.46. The smallest absolute Gasteiger partial charge is 0.356 e. The Kier molecular flexibility index (Phi) is 6.54. The minimum Gasteiger partial charge on any atom is -0.487 e. The summed E-state index contributed by atoms with van der Waals surface area (Å²) in [4.78, 5) is 33.7. The molecule has 0 fully saturated rings. The third kappa shape index (κ3) is 4.38. The molecule has 0 aromatic carbocycles. The summed E-state index contributed by atoms with van der Waals surface area (Å²) < 4.78 is 6.45. The molecular weight excluding hydrogens is 280 g/mol. The fourth-order valence-corrected chi connectivity index (χ4v) is 1.74. The summed E-state index contributed by atoms with van der Waals surface area (Å²) in [5.74, 6) is -1.61. The van der Waals surface area contributed by atoms with Gasteiger partial charge in [-0.1, -0.05) is 18.5 Å². The molecule has 1 heterocycles. The van der Waals surface area contributed by atoms with Crippen molar-refractivity contribution >= 4 is 5.97 Å². The number of carboxylic acids is 1. The maximum absolute atomic E-state index is 11.8. The molecule has 0 spiro atoms. The van der Waals surface area contributed by atoms with Crippen LogP contribution in [0.5, 0.6) is 5.75 Å². The van der Waals surface area contributed by atoms with Crippen molar-refractivity contribution < 1.29 is 19.7 Å². The van der Waals surface area contributed by atoms with Crippen LogP contribution in [0.15, 0.2) is 22.2 Å². The Morgan fingerprint density at radius 2 is 2.24 bits per heavy atom. The van der Waals surface area contributed by atoms with E-state index in [4.69, 9.17) is 9.84 Å². The first-order valence-electron chi connectivity index (χ1n) is 6.58. The Balaban J connectivity index is 3.19. The van der Waals surface area contributed by atoms with Crippen molar-refractivity contribution in [1.29, 1.82) is 0 Å². The van der Waals surface area contributed by atoms with Gasteiger partial charge in [-0.25, -0.2) is 4.79 Å². The summed E-state index contributed by atoms with van der Waals surface area (Å²) in [6.45, 7) is 1.50. The first kappa shape index (κ1) is 16.8. The Bertz CT molecular complexity index is 554. The Morgan fingerprint density at radius 1 is 1.52 bits per heavy atom. The molecule has 1 aromatic heterocycles. The van der Waals surface area contributed by atoms with Crippen LogP contribution in [0.3, 0.4) is 0 Å². The largest absolute Gasteiger partial charge is 0.487 e.